The molecule has 3 aromatic carbocycles. The number of rotatable bonds is 14. The molecule has 3 aromatic rings. The van der Waals surface area contributed by atoms with Gasteiger partial charge in [0, 0.05) is 29.7 Å². The molecule has 0 radical (unpaired) electrons. The molecule has 0 saturated heterocycles. The summed E-state index contributed by atoms with van der Waals surface area (Å²) < 4.78 is 51.9. The molecule has 13 heteroatoms. The van der Waals surface area contributed by atoms with Gasteiger partial charge in [-0.25, -0.2) is 8.42 Å². The topological polar surface area (TPSA) is 124 Å². The lowest BCUT2D eigenvalue weighted by Gasteiger charge is -2.32. The molecule has 3 rings (SSSR count). The van der Waals surface area contributed by atoms with Crippen molar-refractivity contribution in [2.24, 2.45) is 0 Å². The van der Waals surface area contributed by atoms with Gasteiger partial charge in [0.25, 0.3) is 10.0 Å². The summed E-state index contributed by atoms with van der Waals surface area (Å²) >= 11 is 3.40. The summed E-state index contributed by atoms with van der Waals surface area (Å²) in [5, 5.41) is 2.74. The van der Waals surface area contributed by atoms with Crippen LogP contribution in [0.5, 0.6) is 23.0 Å². The van der Waals surface area contributed by atoms with E-state index in [-0.39, 0.29) is 34.5 Å². The van der Waals surface area contributed by atoms with E-state index in [0.717, 1.165) is 14.3 Å². The molecule has 0 aliphatic carbocycles. The maximum absolute atomic E-state index is 14.3. The van der Waals surface area contributed by atoms with Gasteiger partial charge < -0.3 is 29.2 Å². The number of methoxy groups -OCH3 is 4. The number of amides is 2. The Morgan fingerprint density at radius 2 is 1.49 bits per heavy atom. The van der Waals surface area contributed by atoms with E-state index < -0.39 is 28.5 Å². The van der Waals surface area contributed by atoms with Gasteiger partial charge in [-0.1, -0.05) is 28.1 Å². The van der Waals surface area contributed by atoms with Crippen molar-refractivity contribution in [3.05, 3.63) is 70.7 Å². The first-order chi connectivity index (χ1) is 20.5. The number of likely N-dealkylation sites (N-methyl/N-ethyl adjacent to an activating group) is 1. The second-order valence-corrected chi connectivity index (χ2v) is 12.1. The minimum Gasteiger partial charge on any atom is -0.497 e. The van der Waals surface area contributed by atoms with Crippen molar-refractivity contribution in [1.29, 1.82) is 0 Å². The van der Waals surface area contributed by atoms with E-state index in [1.165, 1.54) is 57.6 Å². The number of anilines is 1. The maximum Gasteiger partial charge on any atom is 0.265 e. The number of benzene rings is 3. The van der Waals surface area contributed by atoms with Gasteiger partial charge >= 0.3 is 0 Å². The van der Waals surface area contributed by atoms with Gasteiger partial charge in [0.2, 0.25) is 11.8 Å². The van der Waals surface area contributed by atoms with Crippen LogP contribution < -0.4 is 28.6 Å². The molecule has 1 N–H and O–H groups in total. The Kier molecular flexibility index (Phi) is 11.7. The molecule has 0 heterocycles. The fraction of sp³-hybridized carbons (Fsp3) is 0.333. The fourth-order valence-electron chi connectivity index (χ4n) is 4.30. The maximum atomic E-state index is 14.3. The number of sulfonamides is 1. The highest BCUT2D eigenvalue weighted by Crippen LogP contribution is 2.37. The molecule has 1 atom stereocenters. The van der Waals surface area contributed by atoms with Crippen LogP contribution >= 0.6 is 15.9 Å². The number of nitrogens with zero attached hydrogens (tertiary/aromatic N) is 2. The number of carbonyl (C=O) groups is 2. The van der Waals surface area contributed by atoms with E-state index in [1.807, 2.05) is 24.3 Å². The number of carbonyl (C=O) groups excluding carboxylic acids is 2. The van der Waals surface area contributed by atoms with E-state index in [2.05, 4.69) is 21.2 Å². The minimum atomic E-state index is -4.42. The predicted molar refractivity (Wildman–Crippen MR) is 166 cm³/mol. The first-order valence-corrected chi connectivity index (χ1v) is 15.5. The number of hydrogen-bond donors (Lipinski definition) is 1. The Morgan fingerprint density at radius 3 is 2.07 bits per heavy atom. The first kappa shape index (κ1) is 33.5. The highest BCUT2D eigenvalue weighted by atomic mass is 79.9. The van der Waals surface area contributed by atoms with Crippen molar-refractivity contribution in [2.45, 2.75) is 31.3 Å². The van der Waals surface area contributed by atoms with Gasteiger partial charge in [-0.2, -0.15) is 0 Å². The van der Waals surface area contributed by atoms with Crippen LogP contribution in [0.2, 0.25) is 0 Å². The number of ether oxygens (including phenoxy) is 4. The number of nitrogens with one attached hydrogen (secondary N) is 1. The highest BCUT2D eigenvalue weighted by Gasteiger charge is 2.34. The zero-order chi connectivity index (χ0) is 31.7. The zero-order valence-corrected chi connectivity index (χ0v) is 27.3. The minimum absolute atomic E-state index is 0.0594. The average Bonchev–Trinajstić information content (AvgIpc) is 3.02. The molecule has 2 amide bonds. The van der Waals surface area contributed by atoms with Gasteiger partial charge in [-0.3, -0.25) is 13.9 Å². The van der Waals surface area contributed by atoms with Crippen molar-refractivity contribution in [3.8, 4) is 23.0 Å². The van der Waals surface area contributed by atoms with Gasteiger partial charge in [0.15, 0.2) is 11.5 Å². The lowest BCUT2D eigenvalue weighted by Crippen LogP contribution is -2.51. The fourth-order valence-corrected chi connectivity index (χ4v) is 6.00. The molecule has 1 unspecified atom stereocenters. The predicted octanol–water partition coefficient (Wildman–Crippen LogP) is 4.23. The Morgan fingerprint density at radius 1 is 0.860 bits per heavy atom. The monoisotopic (exact) mass is 677 g/mol. The third-order valence-corrected chi connectivity index (χ3v) is 8.95. The van der Waals surface area contributed by atoms with Crippen molar-refractivity contribution in [3.63, 3.8) is 0 Å². The summed E-state index contributed by atoms with van der Waals surface area (Å²) in [6.45, 7) is 3.15. The molecule has 0 aliphatic heterocycles. The molecule has 232 valence electrons. The van der Waals surface area contributed by atoms with Crippen LogP contribution in [-0.2, 0) is 26.2 Å². The summed E-state index contributed by atoms with van der Waals surface area (Å²) in [6, 6.07) is 15.1. The van der Waals surface area contributed by atoms with Gasteiger partial charge in [0.1, 0.15) is 24.1 Å². The smallest absolute Gasteiger partial charge is 0.265 e. The van der Waals surface area contributed by atoms with Crippen LogP contribution in [0.3, 0.4) is 0 Å². The van der Waals surface area contributed by atoms with E-state index in [1.54, 1.807) is 26.0 Å². The summed E-state index contributed by atoms with van der Waals surface area (Å²) in [6.07, 6.45) is 0. The van der Waals surface area contributed by atoms with Crippen LogP contribution in [0, 0.1) is 0 Å². The van der Waals surface area contributed by atoms with E-state index >= 15 is 0 Å². The van der Waals surface area contributed by atoms with Gasteiger partial charge in [0.05, 0.1) is 39.0 Å². The van der Waals surface area contributed by atoms with Crippen LogP contribution in [0.15, 0.2) is 70.0 Å². The molecule has 0 fully saturated rings. The summed E-state index contributed by atoms with van der Waals surface area (Å²) in [7, 11) is 1.24. The molecule has 11 nitrogen and oxygen atoms in total. The Labute approximate surface area is 260 Å². The molecule has 0 bridgehead atoms. The quantitative estimate of drug-likeness (QED) is 0.269. The highest BCUT2D eigenvalue weighted by molar-refractivity contribution is 9.10. The van der Waals surface area contributed by atoms with Gasteiger partial charge in [-0.05, 0) is 55.8 Å². The van der Waals surface area contributed by atoms with E-state index in [4.69, 9.17) is 18.9 Å². The average molecular weight is 679 g/mol. The van der Waals surface area contributed by atoms with E-state index in [0.29, 0.717) is 18.0 Å². The third-order valence-electron chi connectivity index (χ3n) is 6.66. The summed E-state index contributed by atoms with van der Waals surface area (Å²) in [4.78, 5) is 28.2. The largest absolute Gasteiger partial charge is 0.497 e. The number of hydrogen-bond acceptors (Lipinski definition) is 8. The first-order valence-electron chi connectivity index (χ1n) is 13.3. The van der Waals surface area contributed by atoms with Crippen molar-refractivity contribution in [1.82, 2.24) is 10.2 Å². The molecule has 0 saturated carbocycles. The summed E-state index contributed by atoms with van der Waals surface area (Å²) in [5.41, 5.74) is 0.820. The Bertz CT molecular complexity index is 1530. The lowest BCUT2D eigenvalue weighted by molar-refractivity contribution is -0.139. The van der Waals surface area contributed by atoms with Gasteiger partial charge in [-0.15, -0.1) is 0 Å². The second kappa shape index (κ2) is 15.0. The van der Waals surface area contributed by atoms with Crippen LogP contribution in [-0.4, -0.2) is 72.7 Å². The molecule has 0 aliphatic rings. The molecule has 0 spiro atoms. The second-order valence-electron chi connectivity index (χ2n) is 9.28. The molecular weight excluding hydrogens is 642 g/mol. The molecule has 43 heavy (non-hydrogen) atoms. The van der Waals surface area contributed by atoms with Crippen LogP contribution in [0.4, 0.5) is 5.69 Å². The Balaban J connectivity index is 2.17. The van der Waals surface area contributed by atoms with Crippen LogP contribution in [0.25, 0.3) is 0 Å². The SMILES string of the molecule is CCNC(=O)C(C)N(Cc1ccc(Br)cc1)C(=O)CN(c1cc(OC)ccc1OC)S(=O)(=O)c1ccc(OC)c(OC)c1. The summed E-state index contributed by atoms with van der Waals surface area (Å²) in [5.74, 6) is 0.0672. The zero-order valence-electron chi connectivity index (χ0n) is 24.9. The standard InChI is InChI=1S/C30H36BrN3O8S/c1-7-32-30(36)20(2)33(18-21-8-10-22(31)11-9-21)29(35)19-34(25-16-23(39-3)12-14-26(25)40-4)43(37,38)24-13-15-27(41-5)28(17-24)42-6/h8-17,20H,7,18-19H2,1-6H3,(H,32,36). The van der Waals surface area contributed by atoms with Crippen molar-refractivity contribution >= 4 is 43.5 Å². The third kappa shape index (κ3) is 7.90. The van der Waals surface area contributed by atoms with E-state index in [9.17, 15) is 18.0 Å². The Hall–Kier alpha value is -3.97. The van der Waals surface area contributed by atoms with Crippen molar-refractivity contribution in [2.75, 3.05) is 45.8 Å². The van der Waals surface area contributed by atoms with Crippen LogP contribution in [0.1, 0.15) is 19.4 Å². The molecule has 0 aromatic heterocycles. The van der Waals surface area contributed by atoms with Crippen molar-refractivity contribution < 1.29 is 37.0 Å². The lowest BCUT2D eigenvalue weighted by atomic mass is 10.1. The normalized spacial score (nSPS) is 11.7. The molecular formula is C30H36BrN3O8S. The number of halogens is 1.